The van der Waals surface area contributed by atoms with Gasteiger partial charge in [-0.2, -0.15) is 0 Å². The average molecular weight is 320 g/mol. The summed E-state index contributed by atoms with van der Waals surface area (Å²) in [4.78, 5) is 27.6. The van der Waals surface area contributed by atoms with Gasteiger partial charge in [-0.15, -0.1) is 0 Å². The van der Waals surface area contributed by atoms with Gasteiger partial charge in [0, 0.05) is 32.1 Å². The van der Waals surface area contributed by atoms with Crippen LogP contribution in [-0.4, -0.2) is 54.6 Å². The Labute approximate surface area is 135 Å². The van der Waals surface area contributed by atoms with Crippen LogP contribution < -0.4 is 0 Å². The number of ether oxygens (including phenoxy) is 1. The molecule has 0 bridgehead atoms. The molecule has 0 radical (unpaired) electrons. The molecule has 2 fully saturated rings. The Bertz CT molecular complexity index is 582. The highest BCUT2D eigenvalue weighted by Crippen LogP contribution is 2.48. The number of rotatable bonds is 3. The zero-order chi connectivity index (χ0) is 16.4. The fourth-order valence-electron chi connectivity index (χ4n) is 3.10. The third kappa shape index (κ3) is 3.46. The monoisotopic (exact) mass is 320 g/mol. The van der Waals surface area contributed by atoms with Crippen LogP contribution in [-0.2, 0) is 9.53 Å². The largest absolute Gasteiger partial charge is 0.450 e. The van der Waals surface area contributed by atoms with E-state index in [1.54, 1.807) is 24.0 Å². The van der Waals surface area contributed by atoms with Crippen LogP contribution in [0.1, 0.15) is 24.8 Å². The van der Waals surface area contributed by atoms with Crippen molar-refractivity contribution in [3.8, 4) is 0 Å². The average Bonchev–Trinajstić information content (AvgIpc) is 3.36. The van der Waals surface area contributed by atoms with Gasteiger partial charge in [0.15, 0.2) is 0 Å². The van der Waals surface area contributed by atoms with E-state index in [0.717, 1.165) is 12.0 Å². The van der Waals surface area contributed by atoms with Crippen molar-refractivity contribution in [2.45, 2.75) is 19.3 Å². The second-order valence-corrected chi connectivity index (χ2v) is 6.01. The van der Waals surface area contributed by atoms with E-state index < -0.39 is 0 Å². The second-order valence-electron chi connectivity index (χ2n) is 6.01. The maximum Gasteiger partial charge on any atom is 0.409 e. The van der Waals surface area contributed by atoms with Crippen LogP contribution in [0.5, 0.6) is 0 Å². The summed E-state index contributed by atoms with van der Waals surface area (Å²) >= 11 is 0. The van der Waals surface area contributed by atoms with E-state index in [0.29, 0.717) is 32.8 Å². The molecular weight excluding hydrogens is 299 g/mol. The lowest BCUT2D eigenvalue weighted by atomic mass is 10.1. The Kier molecular flexibility index (Phi) is 4.50. The molecule has 2 aliphatic rings. The van der Waals surface area contributed by atoms with Gasteiger partial charge in [-0.05, 0) is 37.0 Å². The van der Waals surface area contributed by atoms with Gasteiger partial charge in [-0.3, -0.25) is 4.79 Å². The summed E-state index contributed by atoms with van der Waals surface area (Å²) < 4.78 is 17.9. The molecule has 0 N–H and O–H groups in total. The third-order valence-electron chi connectivity index (χ3n) is 4.52. The quantitative estimate of drug-likeness (QED) is 0.858. The SMILES string of the molecule is CCOC(=O)N1CCN(C(=O)[C@@H]2CC2c2ccc(F)cc2)CC1. The third-order valence-corrected chi connectivity index (χ3v) is 4.52. The van der Waals surface area contributed by atoms with E-state index in [-0.39, 0.29) is 29.7 Å². The normalized spacial score (nSPS) is 23.6. The molecule has 1 aromatic rings. The van der Waals surface area contributed by atoms with Crippen LogP contribution in [0.2, 0.25) is 0 Å². The van der Waals surface area contributed by atoms with Crippen LogP contribution in [0.4, 0.5) is 9.18 Å². The van der Waals surface area contributed by atoms with Gasteiger partial charge in [-0.1, -0.05) is 12.1 Å². The van der Waals surface area contributed by atoms with Gasteiger partial charge in [0.25, 0.3) is 0 Å². The molecule has 1 aliphatic heterocycles. The predicted molar refractivity (Wildman–Crippen MR) is 82.4 cm³/mol. The topological polar surface area (TPSA) is 49.9 Å². The van der Waals surface area contributed by atoms with Crippen LogP contribution in [0.25, 0.3) is 0 Å². The van der Waals surface area contributed by atoms with Gasteiger partial charge in [0.2, 0.25) is 5.91 Å². The molecule has 1 aliphatic carbocycles. The molecule has 2 amide bonds. The molecule has 0 spiro atoms. The number of hydrogen-bond donors (Lipinski definition) is 0. The first-order valence-electron chi connectivity index (χ1n) is 8.06. The molecule has 0 aromatic heterocycles. The number of carbonyl (C=O) groups excluding carboxylic acids is 2. The molecule has 124 valence electrons. The van der Waals surface area contributed by atoms with Crippen LogP contribution >= 0.6 is 0 Å². The Morgan fingerprint density at radius 3 is 2.35 bits per heavy atom. The lowest BCUT2D eigenvalue weighted by Crippen LogP contribution is -2.51. The van der Waals surface area contributed by atoms with Crippen LogP contribution in [0.3, 0.4) is 0 Å². The summed E-state index contributed by atoms with van der Waals surface area (Å²) in [5.41, 5.74) is 1.02. The smallest absolute Gasteiger partial charge is 0.409 e. The molecular formula is C17H21FN2O3. The van der Waals surface area contributed by atoms with Crippen molar-refractivity contribution >= 4 is 12.0 Å². The summed E-state index contributed by atoms with van der Waals surface area (Å²) in [6.07, 6.45) is 0.512. The van der Waals surface area contributed by atoms with Crippen molar-refractivity contribution in [3.05, 3.63) is 35.6 Å². The lowest BCUT2D eigenvalue weighted by Gasteiger charge is -2.34. The van der Waals surface area contributed by atoms with Gasteiger partial charge < -0.3 is 14.5 Å². The molecule has 23 heavy (non-hydrogen) atoms. The molecule has 3 rings (SSSR count). The first kappa shape index (κ1) is 15.8. The van der Waals surface area contributed by atoms with E-state index in [1.165, 1.54) is 12.1 Å². The van der Waals surface area contributed by atoms with Crippen molar-refractivity contribution in [1.29, 1.82) is 0 Å². The zero-order valence-electron chi connectivity index (χ0n) is 13.2. The maximum atomic E-state index is 13.0. The summed E-state index contributed by atoms with van der Waals surface area (Å²) in [7, 11) is 0. The van der Waals surface area contributed by atoms with E-state index in [1.807, 2.05) is 4.90 Å². The zero-order valence-corrected chi connectivity index (χ0v) is 13.2. The molecule has 6 heteroatoms. The Hall–Kier alpha value is -2.11. The van der Waals surface area contributed by atoms with Gasteiger partial charge in [0.05, 0.1) is 6.61 Å². The predicted octanol–water partition coefficient (Wildman–Crippen LogP) is 2.23. The standard InChI is InChI=1S/C17H21FN2O3/c1-2-23-17(22)20-9-7-19(8-10-20)16(21)15-11-14(15)12-3-5-13(18)6-4-12/h3-6,14-15H,2,7-11H2,1H3/t14?,15-/m1/s1. The summed E-state index contributed by atoms with van der Waals surface area (Å²) in [5.74, 6) is 0.0796. The number of piperazine rings is 1. The van der Waals surface area contributed by atoms with Gasteiger partial charge >= 0.3 is 6.09 Å². The molecule has 2 atom stereocenters. The number of nitrogens with zero attached hydrogens (tertiary/aromatic N) is 2. The molecule has 1 unspecified atom stereocenters. The first-order chi connectivity index (χ1) is 11.1. The van der Waals surface area contributed by atoms with Crippen molar-refractivity contribution in [2.75, 3.05) is 32.8 Å². The maximum absolute atomic E-state index is 13.0. The minimum Gasteiger partial charge on any atom is -0.450 e. The molecule has 1 heterocycles. The number of amides is 2. The van der Waals surface area contributed by atoms with Crippen molar-refractivity contribution in [2.24, 2.45) is 5.92 Å². The highest BCUT2D eigenvalue weighted by atomic mass is 19.1. The summed E-state index contributed by atoms with van der Waals surface area (Å²) in [6.45, 7) is 4.26. The van der Waals surface area contributed by atoms with Crippen LogP contribution in [0, 0.1) is 11.7 Å². The highest BCUT2D eigenvalue weighted by molar-refractivity contribution is 5.83. The van der Waals surface area contributed by atoms with Gasteiger partial charge in [-0.25, -0.2) is 9.18 Å². The number of hydrogen-bond acceptors (Lipinski definition) is 3. The second kappa shape index (κ2) is 6.56. The molecule has 1 saturated carbocycles. The fourth-order valence-corrected chi connectivity index (χ4v) is 3.10. The Morgan fingerprint density at radius 1 is 1.13 bits per heavy atom. The molecule has 5 nitrogen and oxygen atoms in total. The lowest BCUT2D eigenvalue weighted by molar-refractivity contribution is -0.134. The van der Waals surface area contributed by atoms with Crippen molar-refractivity contribution in [3.63, 3.8) is 0 Å². The molecule has 1 aromatic carbocycles. The van der Waals surface area contributed by atoms with Crippen molar-refractivity contribution in [1.82, 2.24) is 9.80 Å². The van der Waals surface area contributed by atoms with E-state index in [2.05, 4.69) is 0 Å². The minimum absolute atomic E-state index is 0.00500. The summed E-state index contributed by atoms with van der Waals surface area (Å²) in [5, 5.41) is 0. The number of benzene rings is 1. The highest BCUT2D eigenvalue weighted by Gasteiger charge is 2.46. The molecule has 1 saturated heterocycles. The van der Waals surface area contributed by atoms with E-state index in [4.69, 9.17) is 4.74 Å². The summed E-state index contributed by atoms with van der Waals surface area (Å²) in [6, 6.07) is 6.39. The minimum atomic E-state index is -0.310. The Balaban J connectivity index is 1.51. The van der Waals surface area contributed by atoms with Gasteiger partial charge in [0.1, 0.15) is 5.82 Å². The van der Waals surface area contributed by atoms with E-state index in [9.17, 15) is 14.0 Å². The number of carbonyl (C=O) groups is 2. The number of halogens is 1. The Morgan fingerprint density at radius 2 is 1.74 bits per heavy atom. The first-order valence-corrected chi connectivity index (χ1v) is 8.06. The van der Waals surface area contributed by atoms with Crippen LogP contribution in [0.15, 0.2) is 24.3 Å². The van der Waals surface area contributed by atoms with Crippen molar-refractivity contribution < 1.29 is 18.7 Å². The van der Waals surface area contributed by atoms with E-state index >= 15 is 0 Å². The fraction of sp³-hybridized carbons (Fsp3) is 0.529.